The van der Waals surface area contributed by atoms with Crippen LogP contribution >= 0.6 is 11.6 Å². The summed E-state index contributed by atoms with van der Waals surface area (Å²) in [4.78, 5) is 0. The molecule has 0 saturated heterocycles. The number of nitrogens with one attached hydrogen (secondary N) is 1. The second-order valence-corrected chi connectivity index (χ2v) is 5.57. The van der Waals surface area contributed by atoms with Gasteiger partial charge >= 0.3 is 0 Å². The van der Waals surface area contributed by atoms with Crippen molar-refractivity contribution in [3.63, 3.8) is 0 Å². The molecule has 1 nitrogen and oxygen atoms in total. The van der Waals surface area contributed by atoms with E-state index in [2.05, 4.69) is 54.7 Å². The first-order valence-corrected chi connectivity index (χ1v) is 7.65. The molecule has 1 N–H and O–H groups in total. The minimum Gasteiger partial charge on any atom is -0.317 e. The van der Waals surface area contributed by atoms with Crippen molar-refractivity contribution >= 4 is 11.6 Å². The molecule has 0 bridgehead atoms. The van der Waals surface area contributed by atoms with Crippen molar-refractivity contribution in [1.29, 1.82) is 0 Å². The predicted molar refractivity (Wildman–Crippen MR) is 87.3 cm³/mol. The Morgan fingerprint density at radius 1 is 0.950 bits per heavy atom. The Balaban J connectivity index is 2.05. The van der Waals surface area contributed by atoms with Gasteiger partial charge in [0.25, 0.3) is 0 Å². The summed E-state index contributed by atoms with van der Waals surface area (Å²) in [6.07, 6.45) is 2.10. The molecule has 2 rings (SSSR count). The van der Waals surface area contributed by atoms with Crippen molar-refractivity contribution in [3.8, 4) is 0 Å². The maximum atomic E-state index is 6.28. The summed E-state index contributed by atoms with van der Waals surface area (Å²) in [5.41, 5.74) is 2.63. The molecule has 0 amide bonds. The van der Waals surface area contributed by atoms with Crippen molar-refractivity contribution < 1.29 is 0 Å². The number of halogens is 1. The van der Waals surface area contributed by atoms with Crippen LogP contribution < -0.4 is 5.32 Å². The number of hydrogen-bond acceptors (Lipinski definition) is 1. The van der Waals surface area contributed by atoms with Crippen LogP contribution in [0.2, 0.25) is 5.02 Å². The molecule has 0 saturated carbocycles. The van der Waals surface area contributed by atoms with E-state index in [0.29, 0.717) is 5.92 Å². The Morgan fingerprint density at radius 3 is 2.35 bits per heavy atom. The molecule has 0 fully saturated rings. The van der Waals surface area contributed by atoms with Crippen LogP contribution in [-0.4, -0.2) is 13.1 Å². The lowest BCUT2D eigenvalue weighted by molar-refractivity contribution is 0.478. The van der Waals surface area contributed by atoms with Gasteiger partial charge in [0, 0.05) is 5.02 Å². The fraction of sp³-hybridized carbons (Fsp3) is 0.333. The van der Waals surface area contributed by atoms with E-state index in [9.17, 15) is 0 Å². The van der Waals surface area contributed by atoms with E-state index in [4.69, 9.17) is 11.6 Å². The van der Waals surface area contributed by atoms with Crippen molar-refractivity contribution in [2.75, 3.05) is 13.1 Å². The van der Waals surface area contributed by atoms with Crippen molar-refractivity contribution in [2.45, 2.75) is 19.8 Å². The lowest BCUT2D eigenvalue weighted by atomic mass is 9.92. The molecule has 20 heavy (non-hydrogen) atoms. The number of hydrogen-bond donors (Lipinski definition) is 1. The third-order valence-corrected chi connectivity index (χ3v) is 3.89. The zero-order valence-electron chi connectivity index (χ0n) is 12.0. The third-order valence-electron chi connectivity index (χ3n) is 3.52. The highest BCUT2D eigenvalue weighted by molar-refractivity contribution is 6.31. The van der Waals surface area contributed by atoms with Crippen LogP contribution in [0.15, 0.2) is 54.6 Å². The van der Waals surface area contributed by atoms with E-state index < -0.39 is 0 Å². The molecule has 0 aliphatic heterocycles. The van der Waals surface area contributed by atoms with Gasteiger partial charge in [-0.15, -0.1) is 0 Å². The van der Waals surface area contributed by atoms with Crippen LogP contribution in [0.1, 0.15) is 18.1 Å². The molecule has 106 valence electrons. The normalized spacial score (nSPS) is 12.3. The molecule has 0 spiro atoms. The average Bonchev–Trinajstić information content (AvgIpc) is 2.48. The van der Waals surface area contributed by atoms with Crippen LogP contribution in [-0.2, 0) is 12.8 Å². The molecule has 2 heteroatoms. The highest BCUT2D eigenvalue weighted by atomic mass is 35.5. The highest BCUT2D eigenvalue weighted by Crippen LogP contribution is 2.21. The van der Waals surface area contributed by atoms with Crippen LogP contribution in [0.25, 0.3) is 0 Å². The minimum absolute atomic E-state index is 0.567. The Hall–Kier alpha value is -1.31. The van der Waals surface area contributed by atoms with Crippen LogP contribution in [0.3, 0.4) is 0 Å². The molecule has 0 heterocycles. The van der Waals surface area contributed by atoms with Gasteiger partial charge in [-0.3, -0.25) is 0 Å². The van der Waals surface area contributed by atoms with Crippen molar-refractivity contribution in [1.82, 2.24) is 5.32 Å². The molecule has 0 radical (unpaired) electrons. The van der Waals surface area contributed by atoms with Crippen molar-refractivity contribution in [3.05, 3.63) is 70.7 Å². The quantitative estimate of drug-likeness (QED) is 0.798. The zero-order valence-corrected chi connectivity index (χ0v) is 12.7. The van der Waals surface area contributed by atoms with Crippen LogP contribution in [0.5, 0.6) is 0 Å². The monoisotopic (exact) mass is 287 g/mol. The average molecular weight is 288 g/mol. The fourth-order valence-corrected chi connectivity index (χ4v) is 2.70. The summed E-state index contributed by atoms with van der Waals surface area (Å²) in [5.74, 6) is 0.567. The summed E-state index contributed by atoms with van der Waals surface area (Å²) in [6, 6.07) is 18.8. The highest BCUT2D eigenvalue weighted by Gasteiger charge is 2.12. The van der Waals surface area contributed by atoms with Crippen molar-refractivity contribution in [2.24, 2.45) is 5.92 Å². The Labute approximate surface area is 127 Å². The van der Waals surface area contributed by atoms with E-state index in [1.54, 1.807) is 0 Å². The van der Waals surface area contributed by atoms with E-state index in [1.165, 1.54) is 11.1 Å². The summed E-state index contributed by atoms with van der Waals surface area (Å²) < 4.78 is 0. The maximum Gasteiger partial charge on any atom is 0.0438 e. The number of benzene rings is 2. The molecule has 1 atom stereocenters. The Bertz CT molecular complexity index is 510. The zero-order chi connectivity index (χ0) is 14.2. The molecular weight excluding hydrogens is 266 g/mol. The topological polar surface area (TPSA) is 12.0 Å². The van der Waals surface area contributed by atoms with Gasteiger partial charge in [-0.05, 0) is 49.0 Å². The van der Waals surface area contributed by atoms with Gasteiger partial charge < -0.3 is 5.32 Å². The smallest absolute Gasteiger partial charge is 0.0438 e. The summed E-state index contributed by atoms with van der Waals surface area (Å²) in [5, 5.41) is 4.34. The van der Waals surface area contributed by atoms with Gasteiger partial charge in [-0.1, -0.05) is 67.1 Å². The lowest BCUT2D eigenvalue weighted by Gasteiger charge is -2.18. The second kappa shape index (κ2) is 8.08. The molecule has 2 aromatic rings. The van der Waals surface area contributed by atoms with Gasteiger partial charge in [0.15, 0.2) is 0 Å². The number of rotatable bonds is 7. The molecule has 1 unspecified atom stereocenters. The predicted octanol–water partition coefficient (Wildman–Crippen LogP) is 4.35. The SMILES string of the molecule is CCNCC(Cc1ccccc1)Cc1ccccc1Cl. The molecule has 2 aromatic carbocycles. The van der Waals surface area contributed by atoms with E-state index in [0.717, 1.165) is 31.0 Å². The maximum absolute atomic E-state index is 6.28. The first-order chi connectivity index (χ1) is 9.79. The van der Waals surface area contributed by atoms with E-state index in [-0.39, 0.29) is 0 Å². The fourth-order valence-electron chi connectivity index (χ4n) is 2.49. The second-order valence-electron chi connectivity index (χ2n) is 5.16. The first-order valence-electron chi connectivity index (χ1n) is 7.27. The van der Waals surface area contributed by atoms with E-state index >= 15 is 0 Å². The van der Waals surface area contributed by atoms with Gasteiger partial charge in [0.1, 0.15) is 0 Å². The van der Waals surface area contributed by atoms with Gasteiger partial charge in [-0.2, -0.15) is 0 Å². The lowest BCUT2D eigenvalue weighted by Crippen LogP contribution is -2.25. The standard InChI is InChI=1S/C18H22ClN/c1-2-20-14-16(12-15-8-4-3-5-9-15)13-17-10-6-7-11-18(17)19/h3-11,16,20H,2,12-14H2,1H3. The Kier molecular flexibility index (Phi) is 6.10. The molecule has 0 aliphatic carbocycles. The van der Waals surface area contributed by atoms with Gasteiger partial charge in [-0.25, -0.2) is 0 Å². The third kappa shape index (κ3) is 4.66. The van der Waals surface area contributed by atoms with Gasteiger partial charge in [0.05, 0.1) is 0 Å². The molecular formula is C18H22ClN. The van der Waals surface area contributed by atoms with E-state index in [1.807, 2.05) is 12.1 Å². The minimum atomic E-state index is 0.567. The van der Waals surface area contributed by atoms with Gasteiger partial charge in [0.2, 0.25) is 0 Å². The molecule has 0 aromatic heterocycles. The first kappa shape index (κ1) is 15.1. The molecule has 0 aliphatic rings. The Morgan fingerprint density at radius 2 is 1.65 bits per heavy atom. The largest absolute Gasteiger partial charge is 0.317 e. The summed E-state index contributed by atoms with van der Waals surface area (Å²) >= 11 is 6.28. The summed E-state index contributed by atoms with van der Waals surface area (Å²) in [7, 11) is 0. The summed E-state index contributed by atoms with van der Waals surface area (Å²) in [6.45, 7) is 4.18. The van der Waals surface area contributed by atoms with Crippen LogP contribution in [0.4, 0.5) is 0 Å². The van der Waals surface area contributed by atoms with Crippen LogP contribution in [0, 0.1) is 5.92 Å².